The summed E-state index contributed by atoms with van der Waals surface area (Å²) in [5.41, 5.74) is 6.35. The predicted octanol–water partition coefficient (Wildman–Crippen LogP) is 5.88. The van der Waals surface area contributed by atoms with E-state index < -0.39 is 0 Å². The Labute approximate surface area is 194 Å². The molecule has 0 saturated heterocycles. The molecule has 0 spiro atoms. The van der Waals surface area contributed by atoms with E-state index in [0.717, 1.165) is 16.5 Å². The van der Waals surface area contributed by atoms with Gasteiger partial charge in [-0.2, -0.15) is 5.10 Å². The minimum absolute atomic E-state index is 0.278. The van der Waals surface area contributed by atoms with Gasteiger partial charge in [0, 0.05) is 27.8 Å². The molecule has 0 aliphatic heterocycles. The molecule has 0 bridgehead atoms. The van der Waals surface area contributed by atoms with Crippen LogP contribution in [-0.2, 0) is 0 Å². The van der Waals surface area contributed by atoms with Crippen molar-refractivity contribution in [3.8, 4) is 0 Å². The minimum Gasteiger partial charge on any atom is -0.360 e. The second kappa shape index (κ2) is 9.26. The van der Waals surface area contributed by atoms with E-state index in [9.17, 15) is 9.59 Å². The van der Waals surface area contributed by atoms with Gasteiger partial charge in [-0.1, -0.05) is 53.5 Å². The molecule has 4 aromatic rings. The summed E-state index contributed by atoms with van der Waals surface area (Å²) in [4.78, 5) is 28.0. The lowest BCUT2D eigenvalue weighted by Gasteiger charge is -2.08. The molecule has 0 aliphatic rings. The van der Waals surface area contributed by atoms with Gasteiger partial charge in [0.25, 0.3) is 11.8 Å². The molecule has 32 heavy (non-hydrogen) atoms. The zero-order valence-electron chi connectivity index (χ0n) is 16.9. The highest BCUT2D eigenvalue weighted by Crippen LogP contribution is 2.22. The number of para-hydroxylation sites is 1. The predicted molar refractivity (Wildman–Crippen MR) is 129 cm³/mol. The number of carbonyl (C=O) groups is 2. The molecule has 2 amide bonds. The van der Waals surface area contributed by atoms with Gasteiger partial charge in [0.2, 0.25) is 0 Å². The van der Waals surface area contributed by atoms with E-state index in [4.69, 9.17) is 23.2 Å². The topological polar surface area (TPSA) is 86.3 Å². The number of fused-ring (bicyclic) bond motifs is 1. The number of nitrogens with zero attached hydrogens (tertiary/aromatic N) is 1. The Balaban J connectivity index is 1.42. The quantitative estimate of drug-likeness (QED) is 0.254. The molecule has 0 saturated carbocycles. The van der Waals surface area contributed by atoms with Gasteiger partial charge in [0.1, 0.15) is 0 Å². The van der Waals surface area contributed by atoms with Crippen LogP contribution < -0.4 is 10.7 Å². The molecule has 160 valence electrons. The van der Waals surface area contributed by atoms with Crippen LogP contribution in [0.4, 0.5) is 5.69 Å². The molecule has 6 nitrogen and oxygen atoms in total. The fraction of sp³-hybridized carbons (Fsp3) is 0.0417. The van der Waals surface area contributed by atoms with Gasteiger partial charge in [-0.05, 0) is 48.9 Å². The normalized spacial score (nSPS) is 11.4. The van der Waals surface area contributed by atoms with Crippen LogP contribution in [0.3, 0.4) is 0 Å². The number of hydrazone groups is 1. The second-order valence-electron chi connectivity index (χ2n) is 7.04. The first kappa shape index (κ1) is 21.6. The summed E-state index contributed by atoms with van der Waals surface area (Å²) in [6.45, 7) is 1.79. The van der Waals surface area contributed by atoms with Crippen molar-refractivity contribution < 1.29 is 9.59 Å². The molecule has 4 rings (SSSR count). The number of amides is 2. The van der Waals surface area contributed by atoms with Gasteiger partial charge in [-0.3, -0.25) is 9.59 Å². The Morgan fingerprint density at radius 1 is 0.906 bits per heavy atom. The zero-order chi connectivity index (χ0) is 22.7. The van der Waals surface area contributed by atoms with Crippen molar-refractivity contribution in [1.82, 2.24) is 10.4 Å². The van der Waals surface area contributed by atoms with E-state index >= 15 is 0 Å². The average molecular weight is 465 g/mol. The maximum Gasteiger partial charge on any atom is 0.273 e. The van der Waals surface area contributed by atoms with E-state index in [1.807, 2.05) is 24.3 Å². The maximum absolute atomic E-state index is 12.5. The summed E-state index contributed by atoms with van der Waals surface area (Å²) >= 11 is 12.0. The highest BCUT2D eigenvalue weighted by Gasteiger charge is 2.12. The van der Waals surface area contributed by atoms with E-state index in [1.165, 1.54) is 6.07 Å². The van der Waals surface area contributed by atoms with Gasteiger partial charge in [0.15, 0.2) is 0 Å². The lowest BCUT2D eigenvalue weighted by molar-refractivity contribution is 0.0955. The summed E-state index contributed by atoms with van der Waals surface area (Å²) in [5, 5.41) is 8.56. The molecule has 1 aromatic heterocycles. The van der Waals surface area contributed by atoms with Crippen molar-refractivity contribution in [2.24, 2.45) is 5.10 Å². The van der Waals surface area contributed by atoms with Crippen LogP contribution in [0.25, 0.3) is 10.9 Å². The Hall–Kier alpha value is -3.61. The standard InChI is InChI=1S/C24H18Cl2N4O2/c1-14(29-30-24(32)20-13-27-22-5-3-2-4-18(20)22)15-6-9-17(10-7-15)28-23(31)19-11-8-16(25)12-21(19)26/h2-13,27H,1H3,(H,28,31)(H,30,32). The largest absolute Gasteiger partial charge is 0.360 e. The number of carbonyl (C=O) groups excluding carboxylic acids is 2. The Morgan fingerprint density at radius 2 is 1.66 bits per heavy atom. The summed E-state index contributed by atoms with van der Waals surface area (Å²) in [7, 11) is 0. The number of halogens is 2. The highest BCUT2D eigenvalue weighted by atomic mass is 35.5. The van der Waals surface area contributed by atoms with E-state index in [1.54, 1.807) is 49.5 Å². The van der Waals surface area contributed by atoms with Crippen molar-refractivity contribution in [1.29, 1.82) is 0 Å². The zero-order valence-corrected chi connectivity index (χ0v) is 18.5. The first-order valence-corrected chi connectivity index (χ1v) is 10.5. The third-order valence-corrected chi connectivity index (χ3v) is 5.44. The van der Waals surface area contributed by atoms with Crippen LogP contribution in [0.2, 0.25) is 10.0 Å². The maximum atomic E-state index is 12.5. The molecule has 0 fully saturated rings. The minimum atomic E-state index is -0.337. The number of aromatic amines is 1. The Bertz CT molecular complexity index is 1340. The van der Waals surface area contributed by atoms with Gasteiger partial charge in [-0.15, -0.1) is 0 Å². The lowest BCUT2D eigenvalue weighted by Crippen LogP contribution is -2.19. The van der Waals surface area contributed by atoms with Gasteiger partial charge >= 0.3 is 0 Å². The third kappa shape index (κ3) is 4.66. The fourth-order valence-electron chi connectivity index (χ4n) is 3.19. The number of anilines is 1. The molecule has 3 aromatic carbocycles. The number of benzene rings is 3. The molecule has 3 N–H and O–H groups in total. The molecule has 0 radical (unpaired) electrons. The number of H-pyrrole nitrogens is 1. The number of nitrogens with one attached hydrogen (secondary N) is 3. The lowest BCUT2D eigenvalue weighted by atomic mass is 10.1. The van der Waals surface area contributed by atoms with Crippen molar-refractivity contribution in [3.05, 3.63) is 99.7 Å². The van der Waals surface area contributed by atoms with Crippen molar-refractivity contribution in [2.45, 2.75) is 6.92 Å². The van der Waals surface area contributed by atoms with Crippen LogP contribution in [0.1, 0.15) is 33.2 Å². The summed E-state index contributed by atoms with van der Waals surface area (Å²) in [6, 6.07) is 19.4. The summed E-state index contributed by atoms with van der Waals surface area (Å²) in [5.74, 6) is -0.638. The first-order valence-electron chi connectivity index (χ1n) is 9.70. The smallest absolute Gasteiger partial charge is 0.273 e. The van der Waals surface area contributed by atoms with Crippen LogP contribution in [0.5, 0.6) is 0 Å². The first-order chi connectivity index (χ1) is 15.4. The second-order valence-corrected chi connectivity index (χ2v) is 7.89. The van der Waals surface area contributed by atoms with Crippen molar-refractivity contribution in [2.75, 3.05) is 5.32 Å². The van der Waals surface area contributed by atoms with E-state index in [2.05, 4.69) is 20.8 Å². The number of rotatable bonds is 5. The molecule has 0 unspecified atom stereocenters. The van der Waals surface area contributed by atoms with Crippen LogP contribution in [-0.4, -0.2) is 22.5 Å². The number of hydrogen-bond donors (Lipinski definition) is 3. The molecular weight excluding hydrogens is 447 g/mol. The van der Waals surface area contributed by atoms with Gasteiger partial charge in [0.05, 0.1) is 21.9 Å². The molecule has 1 heterocycles. The monoisotopic (exact) mass is 464 g/mol. The van der Waals surface area contributed by atoms with Gasteiger partial charge < -0.3 is 10.3 Å². The van der Waals surface area contributed by atoms with Crippen LogP contribution in [0, 0.1) is 0 Å². The molecule has 0 atom stereocenters. The Morgan fingerprint density at radius 3 is 2.41 bits per heavy atom. The van der Waals surface area contributed by atoms with Crippen molar-refractivity contribution >= 4 is 57.3 Å². The molecule has 0 aliphatic carbocycles. The number of aromatic nitrogens is 1. The molecule has 8 heteroatoms. The third-order valence-electron chi connectivity index (χ3n) is 4.90. The highest BCUT2D eigenvalue weighted by molar-refractivity contribution is 6.37. The average Bonchev–Trinajstić information content (AvgIpc) is 3.22. The van der Waals surface area contributed by atoms with E-state index in [-0.39, 0.29) is 16.8 Å². The summed E-state index contributed by atoms with van der Waals surface area (Å²) < 4.78 is 0. The fourth-order valence-corrected chi connectivity index (χ4v) is 3.68. The van der Waals surface area contributed by atoms with Crippen molar-refractivity contribution in [3.63, 3.8) is 0 Å². The SMILES string of the molecule is CC(=NNC(=O)c1c[nH]c2ccccc12)c1ccc(NC(=O)c2ccc(Cl)cc2Cl)cc1. The van der Waals surface area contributed by atoms with E-state index in [0.29, 0.717) is 27.5 Å². The Kier molecular flexibility index (Phi) is 6.25. The molecular formula is C24H18Cl2N4O2. The van der Waals surface area contributed by atoms with Crippen LogP contribution in [0.15, 0.2) is 78.0 Å². The number of hydrogen-bond acceptors (Lipinski definition) is 3. The summed E-state index contributed by atoms with van der Waals surface area (Å²) in [6.07, 6.45) is 1.66. The van der Waals surface area contributed by atoms with Crippen LogP contribution >= 0.6 is 23.2 Å². The van der Waals surface area contributed by atoms with Gasteiger partial charge in [-0.25, -0.2) is 5.43 Å².